The SMILES string of the molecule is O=C(c1csc(-c2cnccn2)n1)N(CCO)Cc1ccccc1. The van der Waals surface area contributed by atoms with Gasteiger partial charge in [-0.25, -0.2) is 4.98 Å². The normalized spacial score (nSPS) is 10.5. The molecule has 0 aliphatic carbocycles. The molecule has 0 bridgehead atoms. The standard InChI is InChI=1S/C17H16N4O2S/c22-9-8-21(11-13-4-2-1-3-5-13)17(23)15-12-24-16(20-15)14-10-18-6-7-19-14/h1-7,10,12,22H,8-9,11H2. The molecule has 0 aliphatic heterocycles. The summed E-state index contributed by atoms with van der Waals surface area (Å²) in [6.07, 6.45) is 4.79. The monoisotopic (exact) mass is 340 g/mol. The first kappa shape index (κ1) is 16.2. The predicted molar refractivity (Wildman–Crippen MR) is 91.4 cm³/mol. The molecule has 3 rings (SSSR count). The first-order valence-corrected chi connectivity index (χ1v) is 8.32. The van der Waals surface area contributed by atoms with Crippen molar-refractivity contribution in [3.05, 3.63) is 65.6 Å². The van der Waals surface area contributed by atoms with Crippen molar-refractivity contribution in [1.29, 1.82) is 0 Å². The molecule has 1 amide bonds. The Bertz CT molecular complexity index is 793. The Balaban J connectivity index is 1.79. The minimum Gasteiger partial charge on any atom is -0.395 e. The topological polar surface area (TPSA) is 79.2 Å². The summed E-state index contributed by atoms with van der Waals surface area (Å²) in [6, 6.07) is 9.67. The van der Waals surface area contributed by atoms with Gasteiger partial charge in [0.15, 0.2) is 0 Å². The third-order valence-electron chi connectivity index (χ3n) is 3.38. The van der Waals surface area contributed by atoms with Crippen LogP contribution in [0, 0.1) is 0 Å². The summed E-state index contributed by atoms with van der Waals surface area (Å²) in [7, 11) is 0. The number of hydrogen-bond acceptors (Lipinski definition) is 6. The van der Waals surface area contributed by atoms with Gasteiger partial charge in [-0.2, -0.15) is 0 Å². The molecule has 1 aromatic carbocycles. The number of thiazole rings is 1. The maximum atomic E-state index is 12.7. The van der Waals surface area contributed by atoms with E-state index in [4.69, 9.17) is 0 Å². The fourth-order valence-corrected chi connectivity index (χ4v) is 2.99. The van der Waals surface area contributed by atoms with Crippen LogP contribution in [-0.2, 0) is 6.54 Å². The van der Waals surface area contributed by atoms with Gasteiger partial charge in [0, 0.05) is 30.9 Å². The van der Waals surface area contributed by atoms with Gasteiger partial charge in [0.05, 0.1) is 12.8 Å². The molecule has 0 saturated carbocycles. The van der Waals surface area contributed by atoms with Gasteiger partial charge in [0.1, 0.15) is 16.4 Å². The van der Waals surface area contributed by atoms with Gasteiger partial charge < -0.3 is 10.0 Å². The zero-order valence-corrected chi connectivity index (χ0v) is 13.7. The van der Waals surface area contributed by atoms with Crippen molar-refractivity contribution < 1.29 is 9.90 Å². The molecule has 0 saturated heterocycles. The molecular formula is C17H16N4O2S. The lowest BCUT2D eigenvalue weighted by molar-refractivity contribution is 0.0703. The third-order valence-corrected chi connectivity index (χ3v) is 4.24. The summed E-state index contributed by atoms with van der Waals surface area (Å²) in [6.45, 7) is 0.587. The van der Waals surface area contributed by atoms with Crippen molar-refractivity contribution in [3.8, 4) is 10.7 Å². The first-order valence-electron chi connectivity index (χ1n) is 7.44. The number of carbonyl (C=O) groups excluding carboxylic acids is 1. The molecule has 24 heavy (non-hydrogen) atoms. The second-order valence-corrected chi connectivity index (χ2v) is 5.92. The smallest absolute Gasteiger partial charge is 0.273 e. The minimum atomic E-state index is -0.209. The van der Waals surface area contributed by atoms with Gasteiger partial charge in [-0.1, -0.05) is 30.3 Å². The lowest BCUT2D eigenvalue weighted by Gasteiger charge is -2.20. The van der Waals surface area contributed by atoms with E-state index in [9.17, 15) is 9.90 Å². The van der Waals surface area contributed by atoms with E-state index in [1.807, 2.05) is 30.3 Å². The molecule has 3 aromatic rings. The molecule has 122 valence electrons. The second-order valence-electron chi connectivity index (χ2n) is 5.06. The van der Waals surface area contributed by atoms with Crippen molar-refractivity contribution in [3.63, 3.8) is 0 Å². The Kier molecular flexibility index (Phi) is 5.25. The third kappa shape index (κ3) is 3.81. The van der Waals surface area contributed by atoms with Gasteiger partial charge >= 0.3 is 0 Å². The zero-order chi connectivity index (χ0) is 16.8. The number of amides is 1. The molecular weight excluding hydrogens is 324 g/mol. The summed E-state index contributed by atoms with van der Waals surface area (Å²) in [4.78, 5) is 26.9. The van der Waals surface area contributed by atoms with Crippen molar-refractivity contribution in [1.82, 2.24) is 19.9 Å². The lowest BCUT2D eigenvalue weighted by atomic mass is 10.2. The Morgan fingerprint density at radius 1 is 1.21 bits per heavy atom. The maximum Gasteiger partial charge on any atom is 0.273 e. The van der Waals surface area contributed by atoms with Gasteiger partial charge in [0.25, 0.3) is 5.91 Å². The van der Waals surface area contributed by atoms with Gasteiger partial charge in [-0.05, 0) is 5.56 Å². The lowest BCUT2D eigenvalue weighted by Crippen LogP contribution is -2.33. The number of hydrogen-bond donors (Lipinski definition) is 1. The van der Waals surface area contributed by atoms with Crippen molar-refractivity contribution in [2.24, 2.45) is 0 Å². The molecule has 2 aromatic heterocycles. The first-order chi connectivity index (χ1) is 11.8. The average molecular weight is 340 g/mol. The van der Waals surface area contributed by atoms with Crippen LogP contribution in [-0.4, -0.2) is 44.0 Å². The molecule has 7 heteroatoms. The van der Waals surface area contributed by atoms with Crippen LogP contribution in [0.25, 0.3) is 10.7 Å². The Hall–Kier alpha value is -2.64. The average Bonchev–Trinajstić information content (AvgIpc) is 3.12. The highest BCUT2D eigenvalue weighted by Crippen LogP contribution is 2.22. The van der Waals surface area contributed by atoms with Crippen LogP contribution in [0.3, 0.4) is 0 Å². The minimum absolute atomic E-state index is 0.0975. The van der Waals surface area contributed by atoms with E-state index in [1.165, 1.54) is 11.3 Å². The number of aliphatic hydroxyl groups is 1. The number of aromatic nitrogens is 3. The summed E-state index contributed by atoms with van der Waals surface area (Å²) in [5.41, 5.74) is 1.99. The summed E-state index contributed by atoms with van der Waals surface area (Å²) < 4.78 is 0. The Morgan fingerprint density at radius 3 is 2.75 bits per heavy atom. The number of carbonyl (C=O) groups is 1. The van der Waals surface area contributed by atoms with Gasteiger partial charge in [0.2, 0.25) is 0 Å². The number of nitrogens with zero attached hydrogens (tertiary/aromatic N) is 4. The largest absolute Gasteiger partial charge is 0.395 e. The predicted octanol–water partition coefficient (Wildman–Crippen LogP) is 2.23. The van der Waals surface area contributed by atoms with E-state index < -0.39 is 0 Å². The highest BCUT2D eigenvalue weighted by atomic mass is 32.1. The van der Waals surface area contributed by atoms with Crippen LogP contribution in [0.15, 0.2) is 54.3 Å². The quantitative estimate of drug-likeness (QED) is 0.744. The highest BCUT2D eigenvalue weighted by molar-refractivity contribution is 7.13. The number of rotatable bonds is 6. The molecule has 0 aliphatic rings. The van der Waals surface area contributed by atoms with E-state index in [1.54, 1.807) is 28.9 Å². The van der Waals surface area contributed by atoms with Crippen LogP contribution in [0.5, 0.6) is 0 Å². The summed E-state index contributed by atoms with van der Waals surface area (Å²) in [5.74, 6) is -0.209. The van der Waals surface area contributed by atoms with E-state index in [0.717, 1.165) is 5.56 Å². The fraction of sp³-hybridized carbons (Fsp3) is 0.176. The zero-order valence-electron chi connectivity index (χ0n) is 12.9. The van der Waals surface area contributed by atoms with Crippen LogP contribution in [0.1, 0.15) is 16.1 Å². The molecule has 0 spiro atoms. The van der Waals surface area contributed by atoms with Crippen LogP contribution in [0.2, 0.25) is 0 Å². The summed E-state index contributed by atoms with van der Waals surface area (Å²) >= 11 is 1.35. The Morgan fingerprint density at radius 2 is 2.04 bits per heavy atom. The number of aliphatic hydroxyl groups excluding tert-OH is 1. The van der Waals surface area contributed by atoms with E-state index >= 15 is 0 Å². The molecule has 1 N–H and O–H groups in total. The van der Waals surface area contributed by atoms with E-state index in [0.29, 0.717) is 22.9 Å². The van der Waals surface area contributed by atoms with E-state index in [-0.39, 0.29) is 19.1 Å². The molecule has 6 nitrogen and oxygen atoms in total. The van der Waals surface area contributed by atoms with Crippen molar-refractivity contribution in [2.75, 3.05) is 13.2 Å². The highest BCUT2D eigenvalue weighted by Gasteiger charge is 2.19. The second kappa shape index (κ2) is 7.76. The molecule has 0 fully saturated rings. The van der Waals surface area contributed by atoms with Crippen LogP contribution in [0.4, 0.5) is 0 Å². The van der Waals surface area contributed by atoms with Crippen molar-refractivity contribution >= 4 is 17.2 Å². The van der Waals surface area contributed by atoms with Crippen molar-refractivity contribution in [2.45, 2.75) is 6.54 Å². The number of benzene rings is 1. The molecule has 0 unspecified atom stereocenters. The van der Waals surface area contributed by atoms with Crippen LogP contribution < -0.4 is 0 Å². The molecule has 2 heterocycles. The fourth-order valence-electron chi connectivity index (χ4n) is 2.24. The molecule has 0 atom stereocenters. The maximum absolute atomic E-state index is 12.7. The van der Waals surface area contributed by atoms with E-state index in [2.05, 4.69) is 15.0 Å². The van der Waals surface area contributed by atoms with Crippen LogP contribution >= 0.6 is 11.3 Å². The van der Waals surface area contributed by atoms with Gasteiger partial charge in [-0.15, -0.1) is 11.3 Å². The Labute approximate surface area is 143 Å². The van der Waals surface area contributed by atoms with Gasteiger partial charge in [-0.3, -0.25) is 14.8 Å². The summed E-state index contributed by atoms with van der Waals surface area (Å²) in [5, 5.41) is 11.6. The molecule has 0 radical (unpaired) electrons.